The number of carbonyl (C=O) groups is 1. The first kappa shape index (κ1) is 18.9. The number of nitrogens with zero attached hydrogens (tertiary/aromatic N) is 3. The number of benzene rings is 1. The molecule has 1 saturated heterocycles. The third-order valence-electron chi connectivity index (χ3n) is 4.28. The summed E-state index contributed by atoms with van der Waals surface area (Å²) in [5.74, 6) is 0.750. The highest BCUT2D eigenvalue weighted by atomic mass is 32.2. The Morgan fingerprint density at radius 3 is 2.73 bits per heavy atom. The second kappa shape index (κ2) is 8.22. The number of sulfone groups is 1. The smallest absolute Gasteiger partial charge is 0.277 e. The maximum Gasteiger partial charge on any atom is 0.277 e. The average Bonchev–Trinajstić information content (AvgIpc) is 3.21. The van der Waals surface area contributed by atoms with Crippen molar-refractivity contribution in [2.24, 2.45) is 0 Å². The summed E-state index contributed by atoms with van der Waals surface area (Å²) in [7, 11) is -3.02. The molecule has 0 spiro atoms. The number of hydrogen-bond acceptors (Lipinski definition) is 7. The van der Waals surface area contributed by atoms with Crippen molar-refractivity contribution in [1.82, 2.24) is 15.1 Å². The molecule has 0 aliphatic carbocycles. The molecule has 1 aromatic heterocycles. The zero-order valence-corrected chi connectivity index (χ0v) is 16.1. The van der Waals surface area contributed by atoms with Crippen LogP contribution in [-0.2, 0) is 21.1 Å². The Bertz CT molecular complexity index is 852. The second-order valence-corrected chi connectivity index (χ2v) is 9.30. The summed E-state index contributed by atoms with van der Waals surface area (Å²) in [5.41, 5.74) is 1.07. The largest absolute Gasteiger partial charge is 0.416 e. The molecule has 2 aromatic rings. The molecule has 3 rings (SSSR count). The fourth-order valence-corrected chi connectivity index (χ4v) is 5.40. The molecule has 1 aromatic carbocycles. The van der Waals surface area contributed by atoms with Crippen molar-refractivity contribution in [1.29, 1.82) is 0 Å². The van der Waals surface area contributed by atoms with Gasteiger partial charge in [0, 0.05) is 12.6 Å². The number of thioether (sulfide) groups is 1. The fraction of sp³-hybridized carbons (Fsp3) is 0.471. The number of hydrogen-bond donors (Lipinski definition) is 0. The molecule has 7 nitrogen and oxygen atoms in total. The number of rotatable bonds is 7. The molecule has 1 amide bonds. The molecular weight excluding hydrogens is 374 g/mol. The van der Waals surface area contributed by atoms with Crippen molar-refractivity contribution >= 4 is 27.5 Å². The number of aromatic nitrogens is 2. The van der Waals surface area contributed by atoms with E-state index >= 15 is 0 Å². The third-order valence-corrected chi connectivity index (χ3v) is 6.83. The van der Waals surface area contributed by atoms with E-state index in [0.29, 0.717) is 30.5 Å². The van der Waals surface area contributed by atoms with Crippen LogP contribution in [0.1, 0.15) is 24.8 Å². The summed E-state index contributed by atoms with van der Waals surface area (Å²) in [6.45, 7) is 2.35. The highest BCUT2D eigenvalue weighted by molar-refractivity contribution is 7.99. The van der Waals surface area contributed by atoms with E-state index in [1.54, 1.807) is 4.90 Å². The molecular formula is C17H21N3O4S2. The predicted molar refractivity (Wildman–Crippen MR) is 98.7 cm³/mol. The second-order valence-electron chi connectivity index (χ2n) is 6.15. The lowest BCUT2D eigenvalue weighted by atomic mass is 10.2. The van der Waals surface area contributed by atoms with Gasteiger partial charge in [0.1, 0.15) is 0 Å². The zero-order valence-electron chi connectivity index (χ0n) is 14.5. The lowest BCUT2D eigenvalue weighted by Crippen LogP contribution is -2.41. The van der Waals surface area contributed by atoms with E-state index in [0.717, 1.165) is 5.56 Å². The molecule has 26 heavy (non-hydrogen) atoms. The van der Waals surface area contributed by atoms with Crippen LogP contribution >= 0.6 is 11.8 Å². The predicted octanol–water partition coefficient (Wildman–Crippen LogP) is 1.79. The Morgan fingerprint density at radius 1 is 1.31 bits per heavy atom. The lowest BCUT2D eigenvalue weighted by Gasteiger charge is -2.26. The van der Waals surface area contributed by atoms with Gasteiger partial charge in [-0.15, -0.1) is 10.2 Å². The van der Waals surface area contributed by atoms with Crippen LogP contribution in [0, 0.1) is 0 Å². The van der Waals surface area contributed by atoms with E-state index in [9.17, 15) is 13.2 Å². The van der Waals surface area contributed by atoms with E-state index < -0.39 is 9.84 Å². The van der Waals surface area contributed by atoms with Gasteiger partial charge in [-0.3, -0.25) is 4.79 Å². The average molecular weight is 396 g/mol. The van der Waals surface area contributed by atoms with Crippen molar-refractivity contribution in [3.8, 4) is 0 Å². The van der Waals surface area contributed by atoms with Gasteiger partial charge < -0.3 is 9.32 Å². The van der Waals surface area contributed by atoms with Crippen molar-refractivity contribution in [3.05, 3.63) is 41.8 Å². The van der Waals surface area contributed by atoms with Crippen molar-refractivity contribution in [2.75, 3.05) is 23.8 Å². The van der Waals surface area contributed by atoms with Gasteiger partial charge in [0.05, 0.1) is 23.7 Å². The van der Waals surface area contributed by atoms with Crippen molar-refractivity contribution in [2.45, 2.75) is 31.0 Å². The normalized spacial score (nSPS) is 18.7. The minimum absolute atomic E-state index is 0.0546. The van der Waals surface area contributed by atoms with Gasteiger partial charge in [0.2, 0.25) is 11.8 Å². The molecule has 1 atom stereocenters. The first-order chi connectivity index (χ1) is 12.5. The highest BCUT2D eigenvalue weighted by Gasteiger charge is 2.33. The van der Waals surface area contributed by atoms with Crippen LogP contribution in [0.2, 0.25) is 0 Å². The number of carbonyl (C=O) groups excluding carboxylic acids is 1. The zero-order chi connectivity index (χ0) is 18.6. The summed E-state index contributed by atoms with van der Waals surface area (Å²) < 4.78 is 28.9. The van der Waals surface area contributed by atoms with Gasteiger partial charge in [-0.1, -0.05) is 42.1 Å². The molecule has 0 unspecified atom stereocenters. The standard InChI is InChI=1S/C17H21N3O4S2/c1-2-20(14-8-9-26(22,23)12-14)16(21)11-25-17-19-18-15(24-17)10-13-6-4-3-5-7-13/h3-7,14H,2,8-12H2,1H3/t14-/m1/s1. The summed E-state index contributed by atoms with van der Waals surface area (Å²) in [5, 5.41) is 8.33. The minimum atomic E-state index is -3.02. The Balaban J connectivity index is 1.54. The maximum atomic E-state index is 12.5. The van der Waals surface area contributed by atoms with E-state index in [4.69, 9.17) is 4.42 Å². The van der Waals surface area contributed by atoms with Crippen molar-refractivity contribution < 1.29 is 17.6 Å². The number of amides is 1. The molecule has 140 valence electrons. The van der Waals surface area contributed by atoms with E-state index in [2.05, 4.69) is 10.2 Å². The van der Waals surface area contributed by atoms with Crippen LogP contribution in [0.4, 0.5) is 0 Å². The third kappa shape index (κ3) is 4.85. The Kier molecular flexibility index (Phi) is 5.98. The summed E-state index contributed by atoms with van der Waals surface area (Å²) in [6, 6.07) is 9.57. The Hall–Kier alpha value is -1.87. The van der Waals surface area contributed by atoms with E-state index in [-0.39, 0.29) is 29.2 Å². The molecule has 0 saturated carbocycles. The van der Waals surface area contributed by atoms with Crippen molar-refractivity contribution in [3.63, 3.8) is 0 Å². The van der Waals surface area contributed by atoms with Crippen LogP contribution < -0.4 is 0 Å². The van der Waals surface area contributed by atoms with Crippen LogP contribution in [0.5, 0.6) is 0 Å². The van der Waals surface area contributed by atoms with Gasteiger partial charge in [0.15, 0.2) is 9.84 Å². The van der Waals surface area contributed by atoms with Gasteiger partial charge in [0.25, 0.3) is 5.22 Å². The minimum Gasteiger partial charge on any atom is -0.416 e. The molecule has 9 heteroatoms. The molecule has 1 fully saturated rings. The fourth-order valence-electron chi connectivity index (χ4n) is 3.00. The lowest BCUT2D eigenvalue weighted by molar-refractivity contribution is -0.129. The quantitative estimate of drug-likeness (QED) is 0.660. The van der Waals surface area contributed by atoms with Crippen LogP contribution in [-0.4, -0.2) is 59.3 Å². The van der Waals surface area contributed by atoms with Crippen LogP contribution in [0.15, 0.2) is 40.0 Å². The molecule has 0 N–H and O–H groups in total. The molecule has 0 radical (unpaired) electrons. The summed E-state index contributed by atoms with van der Waals surface area (Å²) in [6.07, 6.45) is 1.05. The highest BCUT2D eigenvalue weighted by Crippen LogP contribution is 2.22. The van der Waals surface area contributed by atoms with Gasteiger partial charge in [-0.25, -0.2) is 8.42 Å². The van der Waals surface area contributed by atoms with Gasteiger partial charge >= 0.3 is 0 Å². The Labute approximate surface area is 157 Å². The molecule has 1 aliphatic heterocycles. The van der Waals surface area contributed by atoms with Gasteiger partial charge in [-0.2, -0.15) is 0 Å². The molecule has 0 bridgehead atoms. The maximum absolute atomic E-state index is 12.5. The van der Waals surface area contributed by atoms with Crippen LogP contribution in [0.25, 0.3) is 0 Å². The first-order valence-electron chi connectivity index (χ1n) is 8.46. The monoisotopic (exact) mass is 395 g/mol. The Morgan fingerprint density at radius 2 is 2.08 bits per heavy atom. The van der Waals surface area contributed by atoms with Crippen LogP contribution in [0.3, 0.4) is 0 Å². The van der Waals surface area contributed by atoms with E-state index in [1.165, 1.54) is 11.8 Å². The van der Waals surface area contributed by atoms with Gasteiger partial charge in [-0.05, 0) is 18.9 Å². The van der Waals surface area contributed by atoms with E-state index in [1.807, 2.05) is 37.3 Å². The summed E-state index contributed by atoms with van der Waals surface area (Å²) in [4.78, 5) is 14.1. The first-order valence-corrected chi connectivity index (χ1v) is 11.3. The SMILES string of the molecule is CCN(C(=O)CSc1nnc(Cc2ccccc2)o1)[C@@H]1CCS(=O)(=O)C1. The molecule has 1 aliphatic rings. The molecule has 2 heterocycles. The summed E-state index contributed by atoms with van der Waals surface area (Å²) >= 11 is 1.18. The topological polar surface area (TPSA) is 93.4 Å².